The SMILES string of the molecule is CNCc1ccc(C(O)c2cc[nH]c2)cc1. The highest BCUT2D eigenvalue weighted by Crippen LogP contribution is 2.21. The summed E-state index contributed by atoms with van der Waals surface area (Å²) in [5.74, 6) is 0. The second-order valence-corrected chi connectivity index (χ2v) is 3.82. The van der Waals surface area contributed by atoms with Crippen LogP contribution in [0, 0.1) is 0 Å². The summed E-state index contributed by atoms with van der Waals surface area (Å²) in [7, 11) is 1.92. The molecule has 84 valence electrons. The number of aliphatic hydroxyl groups excluding tert-OH is 1. The molecule has 1 aromatic carbocycles. The monoisotopic (exact) mass is 216 g/mol. The maximum Gasteiger partial charge on any atom is 0.105 e. The van der Waals surface area contributed by atoms with Gasteiger partial charge in [-0.3, -0.25) is 0 Å². The molecule has 0 bridgehead atoms. The van der Waals surface area contributed by atoms with Crippen molar-refractivity contribution in [1.82, 2.24) is 10.3 Å². The van der Waals surface area contributed by atoms with Crippen LogP contribution in [0.4, 0.5) is 0 Å². The number of aliphatic hydroxyl groups is 1. The number of rotatable bonds is 4. The molecule has 16 heavy (non-hydrogen) atoms. The zero-order valence-corrected chi connectivity index (χ0v) is 9.27. The zero-order valence-electron chi connectivity index (χ0n) is 9.27. The number of nitrogens with one attached hydrogen (secondary N) is 2. The standard InChI is InChI=1S/C13H16N2O/c1-14-8-10-2-4-11(5-3-10)13(16)12-6-7-15-9-12/h2-7,9,13-16H,8H2,1H3. The fraction of sp³-hybridized carbons (Fsp3) is 0.231. The minimum absolute atomic E-state index is 0.546. The highest BCUT2D eigenvalue weighted by atomic mass is 16.3. The molecule has 0 saturated heterocycles. The number of benzene rings is 1. The first-order chi connectivity index (χ1) is 7.81. The van der Waals surface area contributed by atoms with Crippen LogP contribution in [0.3, 0.4) is 0 Å². The molecule has 3 nitrogen and oxygen atoms in total. The summed E-state index contributed by atoms with van der Waals surface area (Å²) >= 11 is 0. The first kappa shape index (κ1) is 10.9. The summed E-state index contributed by atoms with van der Waals surface area (Å²) in [4.78, 5) is 2.94. The minimum Gasteiger partial charge on any atom is -0.384 e. The normalized spacial score (nSPS) is 12.6. The van der Waals surface area contributed by atoms with E-state index in [0.29, 0.717) is 0 Å². The maximum atomic E-state index is 10.1. The number of aromatic amines is 1. The average Bonchev–Trinajstić information content (AvgIpc) is 2.83. The van der Waals surface area contributed by atoms with Crippen LogP contribution in [-0.2, 0) is 6.54 Å². The Kier molecular flexibility index (Phi) is 3.39. The number of hydrogen-bond acceptors (Lipinski definition) is 2. The summed E-state index contributed by atoms with van der Waals surface area (Å²) in [6.45, 7) is 0.848. The van der Waals surface area contributed by atoms with Crippen molar-refractivity contribution in [2.45, 2.75) is 12.6 Å². The molecule has 1 aromatic heterocycles. The number of aromatic nitrogens is 1. The Balaban J connectivity index is 2.15. The highest BCUT2D eigenvalue weighted by Gasteiger charge is 2.09. The van der Waals surface area contributed by atoms with E-state index in [0.717, 1.165) is 17.7 Å². The van der Waals surface area contributed by atoms with Crippen molar-refractivity contribution in [3.05, 3.63) is 59.4 Å². The molecule has 0 radical (unpaired) electrons. The molecule has 0 fully saturated rings. The molecular weight excluding hydrogens is 200 g/mol. The molecule has 2 rings (SSSR count). The smallest absolute Gasteiger partial charge is 0.105 e. The van der Waals surface area contributed by atoms with Gasteiger partial charge in [0.15, 0.2) is 0 Å². The Morgan fingerprint density at radius 2 is 1.94 bits per heavy atom. The molecule has 0 spiro atoms. The summed E-state index contributed by atoms with van der Waals surface area (Å²) in [5.41, 5.74) is 3.02. The Labute approximate surface area is 95.1 Å². The third-order valence-electron chi connectivity index (χ3n) is 2.61. The zero-order chi connectivity index (χ0) is 11.4. The van der Waals surface area contributed by atoms with Crippen molar-refractivity contribution in [1.29, 1.82) is 0 Å². The molecule has 0 aliphatic carbocycles. The predicted molar refractivity (Wildman–Crippen MR) is 64.1 cm³/mol. The van der Waals surface area contributed by atoms with Gasteiger partial charge in [0, 0.05) is 24.5 Å². The molecule has 1 unspecified atom stereocenters. The molecule has 1 atom stereocenters. The third-order valence-corrected chi connectivity index (χ3v) is 2.61. The fourth-order valence-corrected chi connectivity index (χ4v) is 1.72. The summed E-state index contributed by atoms with van der Waals surface area (Å²) in [6, 6.07) is 9.87. The molecule has 0 aliphatic heterocycles. The van der Waals surface area contributed by atoms with E-state index in [-0.39, 0.29) is 0 Å². The van der Waals surface area contributed by atoms with Gasteiger partial charge in [0.2, 0.25) is 0 Å². The molecule has 0 aliphatic rings. The molecule has 1 heterocycles. The van der Waals surface area contributed by atoms with E-state index in [2.05, 4.69) is 10.3 Å². The van der Waals surface area contributed by atoms with Gasteiger partial charge < -0.3 is 15.4 Å². The Hall–Kier alpha value is -1.58. The number of hydrogen-bond donors (Lipinski definition) is 3. The fourth-order valence-electron chi connectivity index (χ4n) is 1.72. The van der Waals surface area contributed by atoms with Crippen molar-refractivity contribution in [3.63, 3.8) is 0 Å². The van der Waals surface area contributed by atoms with Crippen molar-refractivity contribution < 1.29 is 5.11 Å². The third kappa shape index (κ3) is 2.32. The van der Waals surface area contributed by atoms with E-state index in [1.807, 2.05) is 49.8 Å². The van der Waals surface area contributed by atoms with Gasteiger partial charge in [-0.15, -0.1) is 0 Å². The molecule has 2 aromatic rings. The highest BCUT2D eigenvalue weighted by molar-refractivity contribution is 5.30. The van der Waals surface area contributed by atoms with Crippen LogP contribution < -0.4 is 5.32 Å². The quantitative estimate of drug-likeness (QED) is 0.730. The van der Waals surface area contributed by atoms with E-state index >= 15 is 0 Å². The van der Waals surface area contributed by atoms with Crippen LogP contribution in [0.5, 0.6) is 0 Å². The summed E-state index contributed by atoms with van der Waals surface area (Å²) in [5, 5.41) is 13.2. The first-order valence-corrected chi connectivity index (χ1v) is 5.35. The summed E-state index contributed by atoms with van der Waals surface area (Å²) in [6.07, 6.45) is 3.08. The van der Waals surface area contributed by atoms with Crippen molar-refractivity contribution in [2.75, 3.05) is 7.05 Å². The van der Waals surface area contributed by atoms with Gasteiger partial charge in [-0.2, -0.15) is 0 Å². The second-order valence-electron chi connectivity index (χ2n) is 3.82. The van der Waals surface area contributed by atoms with E-state index in [1.165, 1.54) is 5.56 Å². The molecule has 0 saturated carbocycles. The van der Waals surface area contributed by atoms with Crippen molar-refractivity contribution in [2.24, 2.45) is 0 Å². The van der Waals surface area contributed by atoms with Gasteiger partial charge in [0.05, 0.1) is 0 Å². The van der Waals surface area contributed by atoms with E-state index in [4.69, 9.17) is 0 Å². The van der Waals surface area contributed by atoms with E-state index < -0.39 is 6.10 Å². The minimum atomic E-state index is -0.546. The van der Waals surface area contributed by atoms with E-state index in [9.17, 15) is 5.11 Å². The van der Waals surface area contributed by atoms with Gasteiger partial charge in [0.1, 0.15) is 6.10 Å². The van der Waals surface area contributed by atoms with Gasteiger partial charge in [-0.05, 0) is 24.2 Å². The predicted octanol–water partition coefficient (Wildman–Crippen LogP) is 1.82. The lowest BCUT2D eigenvalue weighted by atomic mass is 10.0. The Bertz CT molecular complexity index is 420. The van der Waals surface area contributed by atoms with Crippen LogP contribution in [0.25, 0.3) is 0 Å². The molecule has 3 N–H and O–H groups in total. The average molecular weight is 216 g/mol. The van der Waals surface area contributed by atoms with Gasteiger partial charge in [-0.1, -0.05) is 24.3 Å². The second kappa shape index (κ2) is 4.96. The summed E-state index contributed by atoms with van der Waals surface area (Å²) < 4.78 is 0. The largest absolute Gasteiger partial charge is 0.384 e. The lowest BCUT2D eigenvalue weighted by molar-refractivity contribution is 0.220. The van der Waals surface area contributed by atoms with Crippen LogP contribution in [-0.4, -0.2) is 17.1 Å². The van der Waals surface area contributed by atoms with Crippen molar-refractivity contribution >= 4 is 0 Å². The van der Waals surface area contributed by atoms with Crippen LogP contribution in [0.1, 0.15) is 22.8 Å². The Morgan fingerprint density at radius 3 is 2.50 bits per heavy atom. The number of H-pyrrole nitrogens is 1. The maximum absolute atomic E-state index is 10.1. The van der Waals surface area contributed by atoms with Crippen LogP contribution in [0.2, 0.25) is 0 Å². The van der Waals surface area contributed by atoms with Crippen LogP contribution in [0.15, 0.2) is 42.7 Å². The van der Waals surface area contributed by atoms with Crippen LogP contribution >= 0.6 is 0 Å². The molecule has 3 heteroatoms. The van der Waals surface area contributed by atoms with Gasteiger partial charge in [-0.25, -0.2) is 0 Å². The molecule has 0 amide bonds. The first-order valence-electron chi connectivity index (χ1n) is 5.35. The van der Waals surface area contributed by atoms with Crippen molar-refractivity contribution in [3.8, 4) is 0 Å². The lowest BCUT2D eigenvalue weighted by Crippen LogP contribution is -2.05. The lowest BCUT2D eigenvalue weighted by Gasteiger charge is -2.10. The molecular formula is C13H16N2O. The van der Waals surface area contributed by atoms with Gasteiger partial charge in [0.25, 0.3) is 0 Å². The van der Waals surface area contributed by atoms with E-state index in [1.54, 1.807) is 0 Å². The topological polar surface area (TPSA) is 48.0 Å². The van der Waals surface area contributed by atoms with Gasteiger partial charge >= 0.3 is 0 Å². The Morgan fingerprint density at radius 1 is 1.19 bits per heavy atom.